The van der Waals surface area contributed by atoms with Crippen molar-refractivity contribution in [1.29, 1.82) is 0 Å². The van der Waals surface area contributed by atoms with Gasteiger partial charge in [-0.2, -0.15) is 0 Å². The molecule has 5 heteroatoms. The highest BCUT2D eigenvalue weighted by atomic mass is 127. The van der Waals surface area contributed by atoms with Crippen LogP contribution in [0.4, 0.5) is 0 Å². The summed E-state index contributed by atoms with van der Waals surface area (Å²) in [6.07, 6.45) is 5.20. The van der Waals surface area contributed by atoms with E-state index >= 15 is 0 Å². The summed E-state index contributed by atoms with van der Waals surface area (Å²) >= 11 is 2.32. The molecule has 16 heavy (non-hydrogen) atoms. The smallest absolute Gasteiger partial charge is 0.317 e. The second-order valence-corrected chi connectivity index (χ2v) is 5.74. The second-order valence-electron chi connectivity index (χ2n) is 4.40. The zero-order chi connectivity index (χ0) is 11.2. The van der Waals surface area contributed by atoms with Gasteiger partial charge in [0.15, 0.2) is 6.29 Å². The molecule has 0 saturated carbocycles. The van der Waals surface area contributed by atoms with Crippen molar-refractivity contribution in [3.05, 3.63) is 12.2 Å². The molecule has 0 aromatic rings. The molecule has 3 aliphatic rings. The van der Waals surface area contributed by atoms with E-state index in [0.717, 1.165) is 6.42 Å². The van der Waals surface area contributed by atoms with Crippen LogP contribution < -0.4 is 0 Å². The van der Waals surface area contributed by atoms with Crippen LogP contribution in [0.3, 0.4) is 0 Å². The third-order valence-corrected chi connectivity index (χ3v) is 5.35. The zero-order valence-electron chi connectivity index (χ0n) is 8.73. The molecule has 0 spiro atoms. The minimum absolute atomic E-state index is 0.0273. The summed E-state index contributed by atoms with van der Waals surface area (Å²) in [5.74, 6) is -0.121. The highest BCUT2D eigenvalue weighted by molar-refractivity contribution is 14.1. The molecule has 2 saturated heterocycles. The number of carbonyl (C=O) groups is 1. The Bertz CT molecular complexity index is 337. The molecule has 3 rings (SSSR count). The summed E-state index contributed by atoms with van der Waals surface area (Å²) in [4.78, 5) is 12.0. The largest absolute Gasteiger partial charge is 0.460 e. The predicted molar refractivity (Wildman–Crippen MR) is 64.2 cm³/mol. The number of hydrogen-bond donors (Lipinski definition) is 0. The lowest BCUT2D eigenvalue weighted by Crippen LogP contribution is -2.39. The maximum Gasteiger partial charge on any atom is 0.317 e. The highest BCUT2D eigenvalue weighted by Gasteiger charge is 2.57. The first kappa shape index (κ1) is 11.0. The van der Waals surface area contributed by atoms with Crippen molar-refractivity contribution in [2.24, 2.45) is 5.41 Å². The third kappa shape index (κ3) is 1.52. The number of fused-ring (bicyclic) bond motifs is 2. The summed E-state index contributed by atoms with van der Waals surface area (Å²) in [7, 11) is 0. The maximum absolute atomic E-state index is 12.0. The van der Waals surface area contributed by atoms with Crippen LogP contribution >= 0.6 is 22.6 Å². The highest BCUT2D eigenvalue weighted by Crippen LogP contribution is 2.49. The number of halogens is 1. The van der Waals surface area contributed by atoms with Crippen molar-refractivity contribution in [2.75, 3.05) is 13.2 Å². The van der Waals surface area contributed by atoms with E-state index in [-0.39, 0.29) is 22.3 Å². The maximum atomic E-state index is 12.0. The van der Waals surface area contributed by atoms with Crippen molar-refractivity contribution >= 4 is 28.6 Å². The van der Waals surface area contributed by atoms with Crippen molar-refractivity contribution in [1.82, 2.24) is 0 Å². The monoisotopic (exact) mass is 336 g/mol. The van der Waals surface area contributed by atoms with Crippen molar-refractivity contribution in [2.45, 2.75) is 29.2 Å². The van der Waals surface area contributed by atoms with Gasteiger partial charge >= 0.3 is 5.97 Å². The predicted octanol–water partition coefficient (Wildman–Crippen LogP) is 1.42. The van der Waals surface area contributed by atoms with Crippen LogP contribution in [0.2, 0.25) is 0 Å². The van der Waals surface area contributed by atoms with Crippen LogP contribution in [0.25, 0.3) is 0 Å². The minimum Gasteiger partial charge on any atom is -0.460 e. The molecule has 2 aliphatic heterocycles. The van der Waals surface area contributed by atoms with Crippen molar-refractivity contribution in [3.8, 4) is 0 Å². The van der Waals surface area contributed by atoms with E-state index in [1.54, 1.807) is 0 Å². The van der Waals surface area contributed by atoms with Crippen LogP contribution in [0.5, 0.6) is 0 Å². The van der Waals surface area contributed by atoms with E-state index < -0.39 is 5.41 Å². The molecular formula is C11H13IO4. The molecule has 3 unspecified atom stereocenters. The molecule has 0 amide bonds. The molecule has 0 N–H and O–H groups in total. The van der Waals surface area contributed by atoms with E-state index in [4.69, 9.17) is 14.2 Å². The van der Waals surface area contributed by atoms with E-state index in [9.17, 15) is 4.79 Å². The van der Waals surface area contributed by atoms with Gasteiger partial charge in [-0.25, -0.2) is 0 Å². The Labute approximate surface area is 107 Å². The second kappa shape index (κ2) is 3.96. The van der Waals surface area contributed by atoms with Gasteiger partial charge in [-0.3, -0.25) is 4.79 Å². The van der Waals surface area contributed by atoms with Gasteiger partial charge < -0.3 is 14.2 Å². The van der Waals surface area contributed by atoms with Crippen LogP contribution in [0, 0.1) is 5.41 Å². The van der Waals surface area contributed by atoms with E-state index in [1.807, 2.05) is 12.2 Å². The molecule has 4 nitrogen and oxygen atoms in total. The van der Waals surface area contributed by atoms with E-state index in [0.29, 0.717) is 19.6 Å². The van der Waals surface area contributed by atoms with Crippen molar-refractivity contribution < 1.29 is 19.0 Å². The van der Waals surface area contributed by atoms with Gasteiger partial charge in [0, 0.05) is 12.8 Å². The molecule has 0 radical (unpaired) electrons. The Morgan fingerprint density at radius 3 is 2.94 bits per heavy atom. The first-order valence-corrected chi connectivity index (χ1v) is 6.73. The zero-order valence-corrected chi connectivity index (χ0v) is 10.9. The molecule has 88 valence electrons. The molecule has 0 aromatic heterocycles. The summed E-state index contributed by atoms with van der Waals surface area (Å²) in [6.45, 7) is 1.24. The summed E-state index contributed by atoms with van der Waals surface area (Å²) in [6, 6.07) is 0. The van der Waals surface area contributed by atoms with Crippen LogP contribution in [-0.2, 0) is 19.0 Å². The Morgan fingerprint density at radius 2 is 2.19 bits per heavy atom. The molecular weight excluding hydrogens is 323 g/mol. The lowest BCUT2D eigenvalue weighted by molar-refractivity contribution is -0.150. The molecule has 2 heterocycles. The fraction of sp³-hybridized carbons (Fsp3) is 0.727. The Morgan fingerprint density at radius 1 is 1.44 bits per heavy atom. The van der Waals surface area contributed by atoms with Gasteiger partial charge in [0.25, 0.3) is 0 Å². The van der Waals surface area contributed by atoms with Gasteiger partial charge in [0.1, 0.15) is 11.5 Å². The molecule has 1 aliphatic carbocycles. The van der Waals surface area contributed by atoms with Gasteiger partial charge in [0.2, 0.25) is 0 Å². The number of esters is 1. The van der Waals surface area contributed by atoms with Gasteiger partial charge in [-0.15, -0.1) is 0 Å². The van der Waals surface area contributed by atoms with E-state index in [2.05, 4.69) is 22.6 Å². The minimum atomic E-state index is -0.529. The number of alkyl halides is 1. The van der Waals surface area contributed by atoms with Crippen LogP contribution in [0.1, 0.15) is 12.8 Å². The quantitative estimate of drug-likeness (QED) is 0.331. The van der Waals surface area contributed by atoms with Gasteiger partial charge in [-0.1, -0.05) is 34.7 Å². The lowest BCUT2D eigenvalue weighted by Gasteiger charge is -2.29. The molecule has 2 bridgehead atoms. The number of rotatable bonds is 2. The average Bonchev–Trinajstić information content (AvgIpc) is 2.78. The number of carbonyl (C=O) groups excluding carboxylic acids is 1. The number of hydrogen-bond acceptors (Lipinski definition) is 4. The number of ether oxygens (including phenoxy) is 3. The van der Waals surface area contributed by atoms with Crippen LogP contribution in [-0.4, -0.2) is 35.5 Å². The summed E-state index contributed by atoms with van der Waals surface area (Å²) in [5, 5.41) is 0. The fourth-order valence-electron chi connectivity index (χ4n) is 2.56. The molecule has 3 atom stereocenters. The summed E-state index contributed by atoms with van der Waals surface area (Å²) < 4.78 is 16.4. The van der Waals surface area contributed by atoms with Gasteiger partial charge in [0.05, 0.1) is 17.1 Å². The fourth-order valence-corrected chi connectivity index (χ4v) is 3.71. The Kier molecular flexibility index (Phi) is 2.72. The SMILES string of the molecule is O=C1OC2CC=CC1(CC1OCCO1)C2I. The average molecular weight is 336 g/mol. The summed E-state index contributed by atoms with van der Waals surface area (Å²) in [5.41, 5.74) is -0.529. The third-order valence-electron chi connectivity index (χ3n) is 3.44. The molecule has 0 aromatic carbocycles. The molecule has 2 fully saturated rings. The van der Waals surface area contributed by atoms with E-state index in [1.165, 1.54) is 0 Å². The van der Waals surface area contributed by atoms with Crippen molar-refractivity contribution in [3.63, 3.8) is 0 Å². The topological polar surface area (TPSA) is 44.8 Å². The Hall–Kier alpha value is -0.140. The first-order chi connectivity index (χ1) is 7.72. The lowest BCUT2D eigenvalue weighted by atomic mass is 9.77. The van der Waals surface area contributed by atoms with Gasteiger partial charge in [-0.05, 0) is 0 Å². The van der Waals surface area contributed by atoms with Crippen LogP contribution in [0.15, 0.2) is 12.2 Å². The first-order valence-electron chi connectivity index (χ1n) is 5.48. The normalized spacial score (nSPS) is 42.7. The Balaban J connectivity index is 1.85. The standard InChI is InChI=1S/C11H13IO4/c12-9-7-2-1-3-11(9,10(13)16-7)6-8-14-4-5-15-8/h1,3,7-9H,2,4-6H2.